The van der Waals surface area contributed by atoms with E-state index in [-0.39, 0.29) is 17.7 Å². The summed E-state index contributed by atoms with van der Waals surface area (Å²) in [4.78, 5) is 4.07. The molecule has 0 aliphatic rings. The number of benzene rings is 1. The second-order valence-corrected chi connectivity index (χ2v) is 4.63. The average Bonchev–Trinajstić information content (AvgIpc) is 2.37. The summed E-state index contributed by atoms with van der Waals surface area (Å²) in [6.45, 7) is 3.82. The molecule has 0 fully saturated rings. The third kappa shape index (κ3) is 4.04. The van der Waals surface area contributed by atoms with E-state index in [4.69, 9.17) is 0 Å². The molecule has 0 spiro atoms. The van der Waals surface area contributed by atoms with Gasteiger partial charge in [0.1, 0.15) is 0 Å². The molecule has 21 heavy (non-hydrogen) atoms. The molecule has 2 aromatic rings. The number of nitrogens with zero attached hydrogens (tertiary/aromatic N) is 3. The molecular formula is C13H14F3N5. The number of halogens is 3. The second kappa shape index (κ2) is 5.94. The minimum absolute atomic E-state index is 0.00245. The van der Waals surface area contributed by atoms with Crippen molar-refractivity contribution in [1.29, 1.82) is 0 Å². The van der Waals surface area contributed by atoms with Crippen LogP contribution in [0.2, 0.25) is 0 Å². The van der Waals surface area contributed by atoms with E-state index >= 15 is 0 Å². The van der Waals surface area contributed by atoms with Crippen molar-refractivity contribution in [1.82, 2.24) is 15.2 Å². The highest BCUT2D eigenvalue weighted by Gasteiger charge is 2.33. The van der Waals surface area contributed by atoms with Gasteiger partial charge in [0, 0.05) is 6.04 Å². The molecule has 8 heteroatoms. The number of anilines is 3. The van der Waals surface area contributed by atoms with Crippen LogP contribution in [0.1, 0.15) is 19.4 Å². The summed E-state index contributed by atoms with van der Waals surface area (Å²) < 4.78 is 38.7. The molecule has 0 amide bonds. The van der Waals surface area contributed by atoms with Gasteiger partial charge in [-0.05, 0) is 26.0 Å². The normalized spacial score (nSPS) is 11.5. The summed E-state index contributed by atoms with van der Waals surface area (Å²) in [7, 11) is 0. The average molecular weight is 297 g/mol. The molecule has 112 valence electrons. The van der Waals surface area contributed by atoms with E-state index < -0.39 is 11.7 Å². The lowest BCUT2D eigenvalue weighted by atomic mass is 10.1. The van der Waals surface area contributed by atoms with Crippen LogP contribution in [0.15, 0.2) is 30.5 Å². The zero-order valence-electron chi connectivity index (χ0n) is 11.4. The number of nitrogens with one attached hydrogen (secondary N) is 2. The molecule has 1 aromatic heterocycles. The van der Waals surface area contributed by atoms with Gasteiger partial charge in [-0.3, -0.25) is 0 Å². The first-order chi connectivity index (χ1) is 9.86. The molecule has 5 nitrogen and oxygen atoms in total. The van der Waals surface area contributed by atoms with Gasteiger partial charge in [0.05, 0.1) is 17.4 Å². The maximum atomic E-state index is 12.9. The maximum Gasteiger partial charge on any atom is 0.418 e. The number of aromatic nitrogens is 3. The number of hydrogen-bond acceptors (Lipinski definition) is 5. The summed E-state index contributed by atoms with van der Waals surface area (Å²) in [6.07, 6.45) is -3.05. The number of alkyl halides is 3. The lowest BCUT2D eigenvalue weighted by molar-refractivity contribution is -0.136. The Balaban J connectivity index is 2.27. The summed E-state index contributed by atoms with van der Waals surface area (Å²) in [5.74, 6) is 0.435. The predicted octanol–water partition coefficient (Wildman–Crippen LogP) is 3.45. The second-order valence-electron chi connectivity index (χ2n) is 4.63. The number of para-hydroxylation sites is 1. The van der Waals surface area contributed by atoms with Gasteiger partial charge in [0.25, 0.3) is 0 Å². The standard InChI is InChI=1S/C13H14F3N5/c1-8(2)18-11-7-17-21-12(20-11)19-10-6-4-3-5-9(10)13(14,15)16/h3-8H,1-2H3,(H2,18,19,20,21). The topological polar surface area (TPSA) is 62.7 Å². The third-order valence-electron chi connectivity index (χ3n) is 2.47. The highest BCUT2D eigenvalue weighted by atomic mass is 19.4. The van der Waals surface area contributed by atoms with E-state index in [1.54, 1.807) is 0 Å². The van der Waals surface area contributed by atoms with Crippen molar-refractivity contribution in [3.05, 3.63) is 36.0 Å². The summed E-state index contributed by atoms with van der Waals surface area (Å²) >= 11 is 0. The highest BCUT2D eigenvalue weighted by Crippen LogP contribution is 2.35. The Hall–Kier alpha value is -2.38. The van der Waals surface area contributed by atoms with Crippen molar-refractivity contribution >= 4 is 17.5 Å². The largest absolute Gasteiger partial charge is 0.418 e. The van der Waals surface area contributed by atoms with E-state index in [0.717, 1.165) is 6.07 Å². The van der Waals surface area contributed by atoms with Crippen LogP contribution in [-0.2, 0) is 6.18 Å². The van der Waals surface area contributed by atoms with E-state index in [1.165, 1.54) is 24.4 Å². The maximum absolute atomic E-state index is 12.9. The summed E-state index contributed by atoms with van der Waals surface area (Å²) in [6, 6.07) is 5.25. The highest BCUT2D eigenvalue weighted by molar-refractivity contribution is 5.59. The molecule has 1 heterocycles. The Morgan fingerprint density at radius 1 is 1.14 bits per heavy atom. The van der Waals surface area contributed by atoms with Crippen molar-refractivity contribution in [3.63, 3.8) is 0 Å². The zero-order valence-corrected chi connectivity index (χ0v) is 11.4. The number of rotatable bonds is 4. The van der Waals surface area contributed by atoms with Crippen molar-refractivity contribution in [2.45, 2.75) is 26.1 Å². The van der Waals surface area contributed by atoms with Gasteiger partial charge in [-0.1, -0.05) is 12.1 Å². The van der Waals surface area contributed by atoms with Crippen molar-refractivity contribution < 1.29 is 13.2 Å². The van der Waals surface area contributed by atoms with Crippen LogP contribution in [0, 0.1) is 0 Å². The minimum atomic E-state index is -4.45. The SMILES string of the molecule is CC(C)Nc1cnnc(Nc2ccccc2C(F)(F)F)n1. The lowest BCUT2D eigenvalue weighted by Crippen LogP contribution is -2.13. The summed E-state index contributed by atoms with van der Waals surface area (Å²) in [5, 5.41) is 12.9. The van der Waals surface area contributed by atoms with E-state index in [0.29, 0.717) is 5.82 Å². The first kappa shape index (κ1) is 15.0. The predicted molar refractivity (Wildman–Crippen MR) is 73.3 cm³/mol. The van der Waals surface area contributed by atoms with E-state index in [9.17, 15) is 13.2 Å². The number of hydrogen-bond donors (Lipinski definition) is 2. The molecule has 0 saturated carbocycles. The zero-order chi connectivity index (χ0) is 15.5. The fourth-order valence-corrected chi connectivity index (χ4v) is 1.68. The van der Waals surface area contributed by atoms with Gasteiger partial charge in [-0.15, -0.1) is 5.10 Å². The van der Waals surface area contributed by atoms with Gasteiger partial charge in [0.2, 0.25) is 5.95 Å². The molecular weight excluding hydrogens is 283 g/mol. The minimum Gasteiger partial charge on any atom is -0.366 e. The Bertz CT molecular complexity index is 613. The van der Waals surface area contributed by atoms with Crippen molar-refractivity contribution in [2.24, 2.45) is 0 Å². The molecule has 1 aromatic carbocycles. The molecule has 0 unspecified atom stereocenters. The molecule has 2 rings (SSSR count). The Kier molecular flexibility index (Phi) is 4.25. The van der Waals surface area contributed by atoms with E-state index in [2.05, 4.69) is 25.8 Å². The van der Waals surface area contributed by atoms with Gasteiger partial charge in [-0.25, -0.2) is 0 Å². The fourth-order valence-electron chi connectivity index (χ4n) is 1.68. The molecule has 0 atom stereocenters. The van der Waals surface area contributed by atoms with Crippen molar-refractivity contribution in [2.75, 3.05) is 10.6 Å². The Morgan fingerprint density at radius 3 is 2.52 bits per heavy atom. The van der Waals surface area contributed by atoms with Crippen LogP contribution in [0.25, 0.3) is 0 Å². The van der Waals surface area contributed by atoms with Crippen LogP contribution in [0.4, 0.5) is 30.6 Å². The van der Waals surface area contributed by atoms with Gasteiger partial charge < -0.3 is 10.6 Å². The third-order valence-corrected chi connectivity index (χ3v) is 2.47. The van der Waals surface area contributed by atoms with Gasteiger partial charge >= 0.3 is 6.18 Å². The van der Waals surface area contributed by atoms with E-state index in [1.807, 2.05) is 13.8 Å². The van der Waals surface area contributed by atoms with Crippen LogP contribution in [0.3, 0.4) is 0 Å². The molecule has 0 radical (unpaired) electrons. The fraction of sp³-hybridized carbons (Fsp3) is 0.308. The van der Waals surface area contributed by atoms with Gasteiger partial charge in [0.15, 0.2) is 5.82 Å². The molecule has 0 aliphatic carbocycles. The first-order valence-electron chi connectivity index (χ1n) is 6.26. The Morgan fingerprint density at radius 2 is 1.86 bits per heavy atom. The van der Waals surface area contributed by atoms with Crippen LogP contribution in [-0.4, -0.2) is 21.2 Å². The molecule has 0 bridgehead atoms. The van der Waals surface area contributed by atoms with Crippen molar-refractivity contribution in [3.8, 4) is 0 Å². The Labute approximate surface area is 119 Å². The van der Waals surface area contributed by atoms with Crippen LogP contribution in [0.5, 0.6) is 0 Å². The van der Waals surface area contributed by atoms with Gasteiger partial charge in [-0.2, -0.15) is 23.3 Å². The summed E-state index contributed by atoms with van der Waals surface area (Å²) in [5.41, 5.74) is -0.899. The molecule has 0 saturated heterocycles. The molecule has 0 aliphatic heterocycles. The monoisotopic (exact) mass is 297 g/mol. The van der Waals surface area contributed by atoms with Crippen LogP contribution >= 0.6 is 0 Å². The van der Waals surface area contributed by atoms with Crippen LogP contribution < -0.4 is 10.6 Å². The lowest BCUT2D eigenvalue weighted by Gasteiger charge is -2.14. The first-order valence-corrected chi connectivity index (χ1v) is 6.26. The smallest absolute Gasteiger partial charge is 0.366 e. The molecule has 2 N–H and O–H groups in total. The quantitative estimate of drug-likeness (QED) is 0.905.